The number of nitrogens with one attached hydrogen (secondary N) is 1. The molecule has 4 aromatic rings. The van der Waals surface area contributed by atoms with Crippen LogP contribution in [0.4, 0.5) is 10.3 Å². The molecule has 2 aromatic carbocycles. The number of carbonyl (C=O) groups excluding carboxylic acids is 1. The first-order valence-electron chi connectivity index (χ1n) is 10.6. The number of hydrogen-bond donors (Lipinski definition) is 3. The van der Waals surface area contributed by atoms with Gasteiger partial charge in [-0.1, -0.05) is 35.5 Å². The fourth-order valence-corrected chi connectivity index (χ4v) is 3.59. The maximum absolute atomic E-state index is 14.7. The lowest BCUT2D eigenvalue weighted by atomic mass is 9.99. The Morgan fingerprint density at radius 1 is 0.970 bits per heavy atom. The van der Waals surface area contributed by atoms with Gasteiger partial charge in [-0.05, 0) is 52.9 Å². The van der Waals surface area contributed by atoms with Gasteiger partial charge in [0.2, 0.25) is 11.8 Å². The van der Waals surface area contributed by atoms with Crippen molar-refractivity contribution in [1.82, 2.24) is 10.1 Å². The van der Waals surface area contributed by atoms with Crippen LogP contribution in [0.15, 0.2) is 71.5 Å². The molecule has 2 aromatic heterocycles. The van der Waals surface area contributed by atoms with Gasteiger partial charge < -0.3 is 16.0 Å². The van der Waals surface area contributed by atoms with E-state index in [4.69, 9.17) is 16.0 Å². The highest BCUT2D eigenvalue weighted by Crippen LogP contribution is 2.38. The van der Waals surface area contributed by atoms with E-state index in [9.17, 15) is 9.18 Å². The Balaban J connectivity index is 1.63. The lowest BCUT2D eigenvalue weighted by Crippen LogP contribution is -2.12. The number of nitrogens with two attached hydrogens (primary N) is 2. The third-order valence-electron chi connectivity index (χ3n) is 5.30. The maximum Gasteiger partial charge on any atom is 0.239 e. The van der Waals surface area contributed by atoms with Crippen LogP contribution in [0.1, 0.15) is 23.1 Å². The molecular formula is C25H24FN5O2. The van der Waals surface area contributed by atoms with Crippen molar-refractivity contribution in [3.63, 3.8) is 0 Å². The average molecular weight is 445 g/mol. The molecule has 1 amide bonds. The molecule has 0 atom stereocenters. The van der Waals surface area contributed by atoms with Crippen molar-refractivity contribution >= 4 is 11.8 Å². The minimum atomic E-state index is -0.464. The molecule has 7 nitrogen and oxygen atoms in total. The van der Waals surface area contributed by atoms with Gasteiger partial charge in [0, 0.05) is 37.5 Å². The first-order chi connectivity index (χ1) is 16.1. The summed E-state index contributed by atoms with van der Waals surface area (Å²) >= 11 is 0. The van der Waals surface area contributed by atoms with Gasteiger partial charge in [-0.25, -0.2) is 4.39 Å². The lowest BCUT2D eigenvalue weighted by Gasteiger charge is -2.08. The average Bonchev–Trinajstić information content (AvgIpc) is 3.26. The summed E-state index contributed by atoms with van der Waals surface area (Å²) < 4.78 is 20.2. The van der Waals surface area contributed by atoms with Gasteiger partial charge >= 0.3 is 0 Å². The molecule has 8 heteroatoms. The summed E-state index contributed by atoms with van der Waals surface area (Å²) in [6.45, 7) is 0.697. The zero-order chi connectivity index (χ0) is 23.2. The Bertz CT molecular complexity index is 1260. The van der Waals surface area contributed by atoms with Crippen molar-refractivity contribution in [2.24, 2.45) is 11.5 Å². The first kappa shape index (κ1) is 22.3. The first-order valence-corrected chi connectivity index (χ1v) is 10.6. The molecule has 33 heavy (non-hydrogen) atoms. The topological polar surface area (TPSA) is 120 Å². The Kier molecular flexibility index (Phi) is 6.87. The van der Waals surface area contributed by atoms with E-state index >= 15 is 0 Å². The van der Waals surface area contributed by atoms with E-state index in [1.807, 2.05) is 24.3 Å². The number of amides is 1. The van der Waals surface area contributed by atoms with Crippen LogP contribution < -0.4 is 16.8 Å². The number of nitrogens with zero attached hydrogens (tertiary/aromatic N) is 2. The second kappa shape index (κ2) is 10.2. The van der Waals surface area contributed by atoms with Crippen LogP contribution >= 0.6 is 0 Å². The normalized spacial score (nSPS) is 10.9. The molecule has 5 N–H and O–H groups in total. The molecule has 0 bridgehead atoms. The Hall–Kier alpha value is -3.88. The highest BCUT2D eigenvalue weighted by atomic mass is 19.1. The number of aromatic nitrogens is 2. The minimum absolute atomic E-state index is 0.148. The fourth-order valence-electron chi connectivity index (χ4n) is 3.59. The number of hydrogen-bond acceptors (Lipinski definition) is 6. The van der Waals surface area contributed by atoms with Crippen LogP contribution in [0, 0.1) is 5.82 Å². The summed E-state index contributed by atoms with van der Waals surface area (Å²) in [7, 11) is 0. The smallest absolute Gasteiger partial charge is 0.239 e. The van der Waals surface area contributed by atoms with E-state index in [1.165, 1.54) is 6.07 Å². The predicted molar refractivity (Wildman–Crippen MR) is 124 cm³/mol. The summed E-state index contributed by atoms with van der Waals surface area (Å²) in [5, 5.41) is 6.87. The third-order valence-corrected chi connectivity index (χ3v) is 5.30. The fraction of sp³-hybridized carbons (Fsp3) is 0.160. The number of carbonyl (C=O) groups is 1. The molecule has 0 saturated heterocycles. The second-order valence-electron chi connectivity index (χ2n) is 7.56. The molecule has 0 unspecified atom stereocenters. The standard InChI is InChI=1S/C25H24FN5O2/c26-21-6-4-18(15-28)13-20(21)24-23(19-8-10-29-11-9-19)25(33-31-24)30-22(32)7-5-16-2-1-3-17(12-16)14-27/h1-4,6,8-13H,5,7,14-15,27-28H2,(H,30,32). The Morgan fingerprint density at radius 2 is 1.70 bits per heavy atom. The van der Waals surface area contributed by atoms with E-state index in [1.54, 1.807) is 36.7 Å². The van der Waals surface area contributed by atoms with Gasteiger partial charge in [0.1, 0.15) is 11.5 Å². The van der Waals surface area contributed by atoms with E-state index in [-0.39, 0.29) is 36.0 Å². The van der Waals surface area contributed by atoms with Gasteiger partial charge in [-0.3, -0.25) is 15.1 Å². The molecule has 2 heterocycles. The summed E-state index contributed by atoms with van der Waals surface area (Å²) in [5.74, 6) is -0.565. The molecule has 0 fully saturated rings. The second-order valence-corrected chi connectivity index (χ2v) is 7.56. The molecule has 0 aliphatic carbocycles. The highest BCUT2D eigenvalue weighted by molar-refractivity contribution is 5.97. The number of benzene rings is 2. The molecule has 0 radical (unpaired) electrons. The molecule has 4 rings (SSSR count). The molecule has 168 valence electrons. The zero-order valence-electron chi connectivity index (χ0n) is 17.9. The van der Waals surface area contributed by atoms with Crippen LogP contribution in [0.25, 0.3) is 22.4 Å². The largest absolute Gasteiger partial charge is 0.337 e. The van der Waals surface area contributed by atoms with Crippen molar-refractivity contribution in [3.05, 3.63) is 89.5 Å². The lowest BCUT2D eigenvalue weighted by molar-refractivity contribution is -0.116. The summed E-state index contributed by atoms with van der Waals surface area (Å²) in [6, 6.07) is 15.9. The van der Waals surface area contributed by atoms with Crippen molar-refractivity contribution < 1.29 is 13.7 Å². The van der Waals surface area contributed by atoms with Gasteiger partial charge in [0.05, 0.1) is 5.56 Å². The Morgan fingerprint density at radius 3 is 2.45 bits per heavy atom. The molecule has 0 aliphatic heterocycles. The molecule has 0 spiro atoms. The highest BCUT2D eigenvalue weighted by Gasteiger charge is 2.23. The van der Waals surface area contributed by atoms with Crippen LogP contribution in [0.3, 0.4) is 0 Å². The Labute approximate surface area is 190 Å². The van der Waals surface area contributed by atoms with E-state index < -0.39 is 5.82 Å². The van der Waals surface area contributed by atoms with Gasteiger partial charge in [-0.2, -0.15) is 0 Å². The number of halogens is 1. The van der Waals surface area contributed by atoms with Crippen molar-refractivity contribution in [2.75, 3.05) is 5.32 Å². The van der Waals surface area contributed by atoms with E-state index in [2.05, 4.69) is 15.5 Å². The number of rotatable bonds is 8. The predicted octanol–water partition coefficient (Wildman–Crippen LogP) is 4.03. The number of pyridine rings is 1. The van der Waals surface area contributed by atoms with Gasteiger partial charge in [-0.15, -0.1) is 0 Å². The van der Waals surface area contributed by atoms with Gasteiger partial charge in [0.15, 0.2) is 0 Å². The zero-order valence-corrected chi connectivity index (χ0v) is 17.9. The minimum Gasteiger partial charge on any atom is -0.337 e. The van der Waals surface area contributed by atoms with Crippen molar-refractivity contribution in [1.29, 1.82) is 0 Å². The molecular weight excluding hydrogens is 421 g/mol. The molecule has 0 saturated carbocycles. The maximum atomic E-state index is 14.7. The number of anilines is 1. The van der Waals surface area contributed by atoms with E-state index in [0.717, 1.165) is 16.7 Å². The molecule has 0 aliphatic rings. The monoisotopic (exact) mass is 445 g/mol. The summed E-state index contributed by atoms with van der Waals surface area (Å²) in [6.07, 6.45) is 3.99. The van der Waals surface area contributed by atoms with Crippen LogP contribution in [0.5, 0.6) is 0 Å². The SMILES string of the molecule is NCc1cccc(CCC(=O)Nc2onc(-c3cc(CN)ccc3F)c2-c2ccncc2)c1. The number of aryl methyl sites for hydroxylation is 1. The van der Waals surface area contributed by atoms with Crippen LogP contribution in [-0.2, 0) is 24.3 Å². The summed E-state index contributed by atoms with van der Waals surface area (Å²) in [4.78, 5) is 16.7. The van der Waals surface area contributed by atoms with Crippen LogP contribution in [0.2, 0.25) is 0 Å². The summed E-state index contributed by atoms with van der Waals surface area (Å²) in [5.41, 5.74) is 15.9. The van der Waals surface area contributed by atoms with Gasteiger partial charge in [0.25, 0.3) is 0 Å². The van der Waals surface area contributed by atoms with Crippen molar-refractivity contribution in [3.8, 4) is 22.4 Å². The quantitative estimate of drug-likeness (QED) is 0.377. The van der Waals surface area contributed by atoms with Crippen molar-refractivity contribution in [2.45, 2.75) is 25.9 Å². The third kappa shape index (κ3) is 5.14. The van der Waals surface area contributed by atoms with Crippen LogP contribution in [-0.4, -0.2) is 16.0 Å². The van der Waals surface area contributed by atoms with E-state index in [0.29, 0.717) is 24.1 Å².